The van der Waals surface area contributed by atoms with Crippen LogP contribution in [-0.2, 0) is 24.7 Å². The molecule has 0 saturated carbocycles. The fraction of sp³-hybridized carbons (Fsp3) is 0.125. The van der Waals surface area contributed by atoms with Gasteiger partial charge in [-0.3, -0.25) is 0 Å². The van der Waals surface area contributed by atoms with Crippen molar-refractivity contribution in [3.05, 3.63) is 117 Å². The summed E-state index contributed by atoms with van der Waals surface area (Å²) in [6, 6.07) is 8.09. The third-order valence-corrected chi connectivity index (χ3v) is 6.89. The zero-order valence-corrected chi connectivity index (χ0v) is 24.9. The van der Waals surface area contributed by atoms with Crippen LogP contribution in [0, 0.1) is 0 Å². The molecule has 276 valence electrons. The van der Waals surface area contributed by atoms with Crippen LogP contribution in [0.3, 0.4) is 0 Å². The van der Waals surface area contributed by atoms with Crippen LogP contribution in [0.25, 0.3) is 22.3 Å². The number of hydrogen-bond donors (Lipinski definition) is 4. The summed E-state index contributed by atoms with van der Waals surface area (Å²) in [7, 11) is 0. The SMILES string of the molecule is O=C(O)c1ccc(-c2ccc(C(=O)O)c(C(F)(F)F)c2)cc1C(F)(F)F.O=C(O)c1cccc(-c2cccc(C(=O)O)c2C(F)(F)F)c1C(F)(F)F. The molecule has 0 heterocycles. The molecule has 4 rings (SSSR count). The lowest BCUT2D eigenvalue weighted by Gasteiger charge is -2.20. The Balaban J connectivity index is 0.000000280. The van der Waals surface area contributed by atoms with Gasteiger partial charge in [-0.15, -0.1) is 0 Å². The van der Waals surface area contributed by atoms with Gasteiger partial charge in [-0.1, -0.05) is 36.4 Å². The summed E-state index contributed by atoms with van der Waals surface area (Å²) >= 11 is 0. The number of carbonyl (C=O) groups is 4. The monoisotopic (exact) mass is 756 g/mol. The third-order valence-electron chi connectivity index (χ3n) is 6.89. The molecular formula is C32H16F12O8. The van der Waals surface area contributed by atoms with Crippen molar-refractivity contribution in [3.8, 4) is 22.3 Å². The van der Waals surface area contributed by atoms with Crippen LogP contribution in [0.1, 0.15) is 63.7 Å². The predicted molar refractivity (Wildman–Crippen MR) is 152 cm³/mol. The van der Waals surface area contributed by atoms with Crippen molar-refractivity contribution in [1.82, 2.24) is 0 Å². The molecule has 4 N–H and O–H groups in total. The maximum Gasteiger partial charge on any atom is 0.417 e. The zero-order chi connectivity index (χ0) is 39.7. The first-order valence-corrected chi connectivity index (χ1v) is 13.4. The number of carboxylic acid groups (broad SMARTS) is 4. The molecule has 0 radical (unpaired) electrons. The highest BCUT2D eigenvalue weighted by molar-refractivity contribution is 5.96. The summed E-state index contributed by atoms with van der Waals surface area (Å²) in [5.41, 5.74) is -14.1. The number of benzene rings is 4. The minimum atomic E-state index is -5.29. The standard InChI is InChI=1S/2C16H8F6O4/c17-15(18,19)11-5-7(1-3-9(11)13(23)24)8-2-4-10(14(25)26)12(6-8)16(20,21)22;17-15(18,19)11-7(3-1-5-9(11)13(23)24)8-4-2-6-10(14(25)26)12(8)16(20,21)22/h2*1-6H,(H,23,24)(H,25,26). The van der Waals surface area contributed by atoms with Crippen molar-refractivity contribution < 1.29 is 92.3 Å². The number of alkyl halides is 12. The Bertz CT molecular complexity index is 1910. The smallest absolute Gasteiger partial charge is 0.417 e. The van der Waals surface area contributed by atoms with Gasteiger partial charge in [-0.2, -0.15) is 52.7 Å². The van der Waals surface area contributed by atoms with Gasteiger partial charge in [0.05, 0.1) is 44.5 Å². The van der Waals surface area contributed by atoms with Crippen LogP contribution in [0.5, 0.6) is 0 Å². The molecule has 0 bridgehead atoms. The summed E-state index contributed by atoms with van der Waals surface area (Å²) in [4.78, 5) is 44.0. The molecule has 4 aromatic rings. The molecule has 0 amide bonds. The van der Waals surface area contributed by atoms with Crippen LogP contribution in [0.4, 0.5) is 52.7 Å². The fourth-order valence-corrected chi connectivity index (χ4v) is 4.81. The first kappa shape index (κ1) is 40.4. The van der Waals surface area contributed by atoms with Gasteiger partial charge in [0.15, 0.2) is 0 Å². The van der Waals surface area contributed by atoms with Crippen LogP contribution < -0.4 is 0 Å². The van der Waals surface area contributed by atoms with E-state index in [1.165, 1.54) is 0 Å². The number of carboxylic acids is 4. The molecule has 0 aliphatic carbocycles. The number of halogens is 12. The Hall–Kier alpha value is -6.08. The number of aromatic carboxylic acids is 4. The third kappa shape index (κ3) is 8.79. The number of hydrogen-bond acceptors (Lipinski definition) is 4. The molecule has 52 heavy (non-hydrogen) atoms. The average molecular weight is 756 g/mol. The molecule has 0 aliphatic heterocycles. The van der Waals surface area contributed by atoms with E-state index in [0.29, 0.717) is 48.5 Å². The minimum Gasteiger partial charge on any atom is -0.478 e. The van der Waals surface area contributed by atoms with E-state index < -0.39 is 104 Å². The van der Waals surface area contributed by atoms with Gasteiger partial charge in [0.1, 0.15) is 0 Å². The van der Waals surface area contributed by atoms with Crippen molar-refractivity contribution >= 4 is 23.9 Å². The normalized spacial score (nSPS) is 12.1. The lowest BCUT2D eigenvalue weighted by molar-refractivity contribution is -0.139. The van der Waals surface area contributed by atoms with Crippen molar-refractivity contribution in [2.24, 2.45) is 0 Å². The molecule has 0 fully saturated rings. The van der Waals surface area contributed by atoms with Gasteiger partial charge in [-0.05, 0) is 58.7 Å². The average Bonchev–Trinajstić information content (AvgIpc) is 3.02. The number of rotatable bonds is 6. The largest absolute Gasteiger partial charge is 0.478 e. The van der Waals surface area contributed by atoms with Gasteiger partial charge in [-0.25, -0.2) is 19.2 Å². The highest BCUT2D eigenvalue weighted by atomic mass is 19.4. The molecule has 0 aromatic heterocycles. The maximum atomic E-state index is 13.4. The Labute approximate surface area is 280 Å². The maximum absolute atomic E-state index is 13.4. The van der Waals surface area contributed by atoms with E-state index >= 15 is 0 Å². The minimum absolute atomic E-state index is 0.343. The van der Waals surface area contributed by atoms with E-state index in [9.17, 15) is 71.9 Å². The van der Waals surface area contributed by atoms with E-state index in [-0.39, 0.29) is 11.1 Å². The Kier molecular flexibility index (Phi) is 11.1. The topological polar surface area (TPSA) is 149 Å². The Morgan fingerprint density at radius 1 is 0.385 bits per heavy atom. The molecule has 8 nitrogen and oxygen atoms in total. The predicted octanol–water partition coefficient (Wildman–Crippen LogP) is 9.58. The second-order valence-electron chi connectivity index (χ2n) is 10.2. The molecule has 0 unspecified atom stereocenters. The lowest BCUT2D eigenvalue weighted by atomic mass is 9.89. The fourth-order valence-electron chi connectivity index (χ4n) is 4.81. The first-order valence-electron chi connectivity index (χ1n) is 13.4. The highest BCUT2D eigenvalue weighted by Gasteiger charge is 2.43. The second-order valence-corrected chi connectivity index (χ2v) is 10.2. The molecule has 4 aromatic carbocycles. The van der Waals surface area contributed by atoms with Gasteiger partial charge in [0, 0.05) is 0 Å². The Morgan fingerprint density at radius 2 is 0.673 bits per heavy atom. The van der Waals surface area contributed by atoms with Crippen LogP contribution in [0.2, 0.25) is 0 Å². The van der Waals surface area contributed by atoms with Crippen LogP contribution in [-0.4, -0.2) is 44.3 Å². The zero-order valence-electron chi connectivity index (χ0n) is 24.9. The van der Waals surface area contributed by atoms with Crippen molar-refractivity contribution in [2.75, 3.05) is 0 Å². The van der Waals surface area contributed by atoms with Gasteiger partial charge >= 0.3 is 48.6 Å². The lowest BCUT2D eigenvalue weighted by Crippen LogP contribution is -2.18. The highest BCUT2D eigenvalue weighted by Crippen LogP contribution is 2.45. The molecule has 0 spiro atoms. The van der Waals surface area contributed by atoms with Crippen LogP contribution >= 0.6 is 0 Å². The first-order chi connectivity index (χ1) is 23.7. The van der Waals surface area contributed by atoms with E-state index in [1.807, 2.05) is 0 Å². The molecule has 0 atom stereocenters. The van der Waals surface area contributed by atoms with Gasteiger partial charge in [0.25, 0.3) is 0 Å². The quantitative estimate of drug-likeness (QED) is 0.142. The Morgan fingerprint density at radius 3 is 0.904 bits per heavy atom. The molecule has 0 saturated heterocycles. The van der Waals surface area contributed by atoms with E-state index in [1.54, 1.807) is 0 Å². The molecular weight excluding hydrogens is 740 g/mol. The summed E-state index contributed by atoms with van der Waals surface area (Å²) in [6.45, 7) is 0. The van der Waals surface area contributed by atoms with Gasteiger partial charge in [0.2, 0.25) is 0 Å². The van der Waals surface area contributed by atoms with Gasteiger partial charge < -0.3 is 20.4 Å². The van der Waals surface area contributed by atoms with E-state index in [0.717, 1.165) is 24.3 Å². The van der Waals surface area contributed by atoms with E-state index in [4.69, 9.17) is 20.4 Å². The van der Waals surface area contributed by atoms with Crippen molar-refractivity contribution in [3.63, 3.8) is 0 Å². The second kappa shape index (κ2) is 14.3. The summed E-state index contributed by atoms with van der Waals surface area (Å²) in [5, 5.41) is 35.6. The summed E-state index contributed by atoms with van der Waals surface area (Å²) in [6.07, 6.45) is -20.7. The van der Waals surface area contributed by atoms with E-state index in [2.05, 4.69) is 0 Å². The van der Waals surface area contributed by atoms with Crippen molar-refractivity contribution in [2.45, 2.75) is 24.7 Å². The van der Waals surface area contributed by atoms with Crippen LogP contribution in [0.15, 0.2) is 72.8 Å². The molecule has 0 aliphatic rings. The molecule has 20 heteroatoms. The van der Waals surface area contributed by atoms with Crippen molar-refractivity contribution in [1.29, 1.82) is 0 Å². The summed E-state index contributed by atoms with van der Waals surface area (Å²) < 4.78 is 158. The summed E-state index contributed by atoms with van der Waals surface area (Å²) in [5.74, 6) is -7.66.